The highest BCUT2D eigenvalue weighted by molar-refractivity contribution is 6.46. The number of aliphatic hydroxyl groups excluding tert-OH is 1. The Morgan fingerprint density at radius 1 is 0.935 bits per heavy atom. The van der Waals surface area contributed by atoms with E-state index in [0.29, 0.717) is 25.3 Å². The second-order valence-electron chi connectivity index (χ2n) is 7.50. The Morgan fingerprint density at radius 2 is 1.52 bits per heavy atom. The molecule has 1 N–H and O–H groups in total. The number of hydrogen-bond donors (Lipinski definition) is 1. The molecular formula is C23H22F2N2O4. The molecule has 0 radical (unpaired) electrons. The number of Topliss-reactive ketones (excluding diaryl/α,β-unsaturated/α-hetero) is 1. The SMILES string of the molecule is O=C1C(=O)N(CCN2CCOCC2)C(c2ccc(F)cc2)/C1=C(\O)c1ccc(F)cc1. The molecule has 2 fully saturated rings. The predicted octanol–water partition coefficient (Wildman–Crippen LogP) is 2.72. The molecule has 0 bridgehead atoms. The number of carbonyl (C=O) groups is 2. The number of nitrogens with zero attached hydrogens (tertiary/aromatic N) is 2. The lowest BCUT2D eigenvalue weighted by Gasteiger charge is -2.31. The second kappa shape index (κ2) is 8.95. The fourth-order valence-electron chi connectivity index (χ4n) is 3.94. The van der Waals surface area contributed by atoms with Gasteiger partial charge in [-0.15, -0.1) is 0 Å². The van der Waals surface area contributed by atoms with Crippen LogP contribution in [0.1, 0.15) is 17.2 Å². The van der Waals surface area contributed by atoms with Crippen LogP contribution < -0.4 is 0 Å². The van der Waals surface area contributed by atoms with Gasteiger partial charge in [0.1, 0.15) is 17.4 Å². The zero-order chi connectivity index (χ0) is 22.0. The molecule has 2 aromatic rings. The number of benzene rings is 2. The van der Waals surface area contributed by atoms with E-state index in [4.69, 9.17) is 4.74 Å². The maximum Gasteiger partial charge on any atom is 0.295 e. The minimum absolute atomic E-state index is 0.0924. The number of morpholine rings is 1. The molecule has 2 aliphatic heterocycles. The molecule has 0 aliphatic carbocycles. The normalized spacial score (nSPS) is 21.6. The van der Waals surface area contributed by atoms with Gasteiger partial charge < -0.3 is 14.7 Å². The molecule has 8 heteroatoms. The number of ether oxygens (including phenoxy) is 1. The molecule has 2 heterocycles. The third-order valence-corrected chi connectivity index (χ3v) is 5.60. The van der Waals surface area contributed by atoms with E-state index >= 15 is 0 Å². The van der Waals surface area contributed by atoms with Gasteiger partial charge in [0, 0.05) is 31.7 Å². The maximum absolute atomic E-state index is 13.5. The average Bonchev–Trinajstić information content (AvgIpc) is 3.04. The summed E-state index contributed by atoms with van der Waals surface area (Å²) in [6, 6.07) is 9.61. The van der Waals surface area contributed by atoms with Crippen molar-refractivity contribution in [3.8, 4) is 0 Å². The Hall–Kier alpha value is -3.10. The summed E-state index contributed by atoms with van der Waals surface area (Å²) < 4.78 is 32.2. The molecule has 0 saturated carbocycles. The number of amides is 1. The molecule has 2 aromatic carbocycles. The van der Waals surface area contributed by atoms with Crippen LogP contribution in [-0.4, -0.2) is 66.0 Å². The van der Waals surface area contributed by atoms with Gasteiger partial charge in [-0.1, -0.05) is 12.1 Å². The molecule has 2 aliphatic rings. The summed E-state index contributed by atoms with van der Waals surface area (Å²) in [7, 11) is 0. The Balaban J connectivity index is 1.72. The molecular weight excluding hydrogens is 406 g/mol. The molecule has 162 valence electrons. The van der Waals surface area contributed by atoms with Gasteiger partial charge in [-0.05, 0) is 42.0 Å². The highest BCUT2D eigenvalue weighted by Crippen LogP contribution is 2.39. The summed E-state index contributed by atoms with van der Waals surface area (Å²) in [5.41, 5.74) is 0.635. The molecule has 0 aromatic heterocycles. The van der Waals surface area contributed by atoms with Gasteiger partial charge in [-0.25, -0.2) is 8.78 Å². The summed E-state index contributed by atoms with van der Waals surface area (Å²) in [5, 5.41) is 10.9. The van der Waals surface area contributed by atoms with Gasteiger partial charge in [0.25, 0.3) is 11.7 Å². The van der Waals surface area contributed by atoms with E-state index < -0.39 is 29.4 Å². The number of hydrogen-bond acceptors (Lipinski definition) is 5. The molecule has 6 nitrogen and oxygen atoms in total. The minimum atomic E-state index is -0.869. The van der Waals surface area contributed by atoms with Crippen molar-refractivity contribution in [2.24, 2.45) is 0 Å². The van der Waals surface area contributed by atoms with Crippen LogP contribution in [0.4, 0.5) is 8.78 Å². The van der Waals surface area contributed by atoms with Crippen LogP contribution in [0, 0.1) is 11.6 Å². The van der Waals surface area contributed by atoms with Crippen molar-refractivity contribution in [3.63, 3.8) is 0 Å². The first kappa shape index (κ1) is 21.1. The van der Waals surface area contributed by atoms with Crippen molar-refractivity contribution in [2.45, 2.75) is 6.04 Å². The summed E-state index contributed by atoms with van der Waals surface area (Å²) in [5.74, 6) is -2.88. The topological polar surface area (TPSA) is 70.1 Å². The highest BCUT2D eigenvalue weighted by Gasteiger charge is 2.46. The Kier molecular flexibility index (Phi) is 6.11. The number of ketones is 1. The lowest BCUT2D eigenvalue weighted by atomic mass is 9.95. The Morgan fingerprint density at radius 3 is 2.13 bits per heavy atom. The van der Waals surface area contributed by atoms with Crippen LogP contribution in [0.3, 0.4) is 0 Å². The summed E-state index contributed by atoms with van der Waals surface area (Å²) in [4.78, 5) is 29.3. The number of carbonyl (C=O) groups excluding carboxylic acids is 2. The smallest absolute Gasteiger partial charge is 0.295 e. The first-order valence-electron chi connectivity index (χ1n) is 10.1. The molecule has 0 spiro atoms. The molecule has 1 unspecified atom stereocenters. The number of rotatable bonds is 5. The fraction of sp³-hybridized carbons (Fsp3) is 0.304. The van der Waals surface area contributed by atoms with Crippen molar-refractivity contribution in [1.29, 1.82) is 0 Å². The number of likely N-dealkylation sites (tertiary alicyclic amines) is 1. The van der Waals surface area contributed by atoms with Crippen LogP contribution >= 0.6 is 0 Å². The van der Waals surface area contributed by atoms with Crippen LogP contribution in [0.5, 0.6) is 0 Å². The van der Waals surface area contributed by atoms with Crippen molar-refractivity contribution < 1.29 is 28.2 Å². The van der Waals surface area contributed by atoms with Crippen molar-refractivity contribution in [1.82, 2.24) is 9.80 Å². The maximum atomic E-state index is 13.5. The fourth-order valence-corrected chi connectivity index (χ4v) is 3.94. The quantitative estimate of drug-likeness (QED) is 0.451. The van der Waals surface area contributed by atoms with Gasteiger partial charge in [-0.2, -0.15) is 0 Å². The molecule has 31 heavy (non-hydrogen) atoms. The Labute approximate surface area is 178 Å². The third kappa shape index (κ3) is 4.35. The van der Waals surface area contributed by atoms with E-state index in [-0.39, 0.29) is 23.4 Å². The van der Waals surface area contributed by atoms with Crippen LogP contribution in [0.25, 0.3) is 5.76 Å². The molecule has 1 atom stereocenters. The average molecular weight is 428 g/mol. The van der Waals surface area contributed by atoms with Gasteiger partial charge in [0.2, 0.25) is 0 Å². The van der Waals surface area contributed by atoms with E-state index in [9.17, 15) is 23.5 Å². The largest absolute Gasteiger partial charge is 0.507 e. The van der Waals surface area contributed by atoms with E-state index in [1.165, 1.54) is 41.3 Å². The Bertz CT molecular complexity index is 999. The van der Waals surface area contributed by atoms with Crippen LogP contribution in [-0.2, 0) is 14.3 Å². The highest BCUT2D eigenvalue weighted by atomic mass is 19.1. The van der Waals surface area contributed by atoms with E-state index in [1.54, 1.807) is 0 Å². The third-order valence-electron chi connectivity index (χ3n) is 5.60. The monoisotopic (exact) mass is 428 g/mol. The van der Waals surface area contributed by atoms with Crippen molar-refractivity contribution in [2.75, 3.05) is 39.4 Å². The standard InChI is InChI=1S/C23H22F2N2O4/c24-17-5-1-15(2-6-17)20-19(21(28)16-3-7-18(25)8-4-16)22(29)23(30)27(20)10-9-26-11-13-31-14-12-26/h1-8,20,28H,9-14H2/b21-19+. The summed E-state index contributed by atoms with van der Waals surface area (Å²) in [6.45, 7) is 3.44. The zero-order valence-electron chi connectivity index (χ0n) is 16.8. The summed E-state index contributed by atoms with van der Waals surface area (Å²) >= 11 is 0. The van der Waals surface area contributed by atoms with Crippen LogP contribution in [0.2, 0.25) is 0 Å². The minimum Gasteiger partial charge on any atom is -0.507 e. The first-order valence-corrected chi connectivity index (χ1v) is 10.1. The first-order chi connectivity index (χ1) is 15.0. The van der Waals surface area contributed by atoms with Crippen LogP contribution in [0.15, 0.2) is 54.1 Å². The van der Waals surface area contributed by atoms with Gasteiger partial charge >= 0.3 is 0 Å². The van der Waals surface area contributed by atoms with Gasteiger partial charge in [-0.3, -0.25) is 14.5 Å². The van der Waals surface area contributed by atoms with E-state index in [0.717, 1.165) is 25.2 Å². The van der Waals surface area contributed by atoms with Crippen molar-refractivity contribution >= 4 is 17.4 Å². The second-order valence-corrected chi connectivity index (χ2v) is 7.50. The van der Waals surface area contributed by atoms with Gasteiger partial charge in [0.05, 0.1) is 24.8 Å². The van der Waals surface area contributed by atoms with Crippen molar-refractivity contribution in [3.05, 3.63) is 76.9 Å². The number of aliphatic hydroxyl groups is 1. The lowest BCUT2D eigenvalue weighted by molar-refractivity contribution is -0.140. The molecule has 4 rings (SSSR count). The van der Waals surface area contributed by atoms with Gasteiger partial charge in [0.15, 0.2) is 0 Å². The lowest BCUT2D eigenvalue weighted by Crippen LogP contribution is -2.42. The van der Waals surface area contributed by atoms with E-state index in [1.807, 2.05) is 0 Å². The zero-order valence-corrected chi connectivity index (χ0v) is 16.8. The molecule has 2 saturated heterocycles. The van der Waals surface area contributed by atoms with E-state index in [2.05, 4.69) is 4.90 Å². The molecule has 1 amide bonds. The summed E-state index contributed by atoms with van der Waals surface area (Å²) in [6.07, 6.45) is 0. The number of halogens is 2. The predicted molar refractivity (Wildman–Crippen MR) is 109 cm³/mol.